The highest BCUT2D eigenvalue weighted by Gasteiger charge is 2.25. The molecule has 2 atom stereocenters. The van der Waals surface area contributed by atoms with Crippen LogP contribution in [0.2, 0.25) is 0 Å². The van der Waals surface area contributed by atoms with Crippen molar-refractivity contribution in [2.45, 2.75) is 32.5 Å². The van der Waals surface area contributed by atoms with Gasteiger partial charge in [0.25, 0.3) is 5.95 Å². The zero-order valence-corrected chi connectivity index (χ0v) is 14.3. The molecule has 3 heterocycles. The third-order valence-corrected chi connectivity index (χ3v) is 4.05. The zero-order chi connectivity index (χ0) is 17.1. The van der Waals surface area contributed by atoms with Gasteiger partial charge in [0.15, 0.2) is 0 Å². The average molecular weight is 334 g/mol. The van der Waals surface area contributed by atoms with Crippen molar-refractivity contribution in [3.63, 3.8) is 0 Å². The molecule has 0 amide bonds. The molecule has 0 bridgehead atoms. The number of aromatic nitrogens is 6. The van der Waals surface area contributed by atoms with Crippen LogP contribution in [-0.2, 0) is 6.54 Å². The van der Waals surface area contributed by atoms with E-state index in [1.165, 1.54) is 18.9 Å². The predicted molar refractivity (Wildman–Crippen MR) is 85.2 cm³/mol. The summed E-state index contributed by atoms with van der Waals surface area (Å²) in [4.78, 5) is 14.7. The Morgan fingerprint density at radius 2 is 1.71 bits per heavy atom. The molecule has 2 aromatic heterocycles. The standard InChI is InChI=1S/C14H22N8O2/c1-9-5-15-6-10(2)21(9)7-11-8-22(20-19-11)12-16-13(23-3)18-14(17-12)24-4/h8-10,15H,5-7H2,1-4H3/t9-,10+. The Kier molecular flexibility index (Phi) is 4.86. The van der Waals surface area contributed by atoms with Crippen molar-refractivity contribution in [3.8, 4) is 18.0 Å². The largest absolute Gasteiger partial charge is 0.467 e. The van der Waals surface area contributed by atoms with Crippen molar-refractivity contribution in [3.05, 3.63) is 11.9 Å². The maximum Gasteiger partial charge on any atom is 0.324 e. The summed E-state index contributed by atoms with van der Waals surface area (Å²) in [5.41, 5.74) is 0.856. The maximum atomic E-state index is 5.06. The molecule has 10 heteroatoms. The number of nitrogens with one attached hydrogen (secondary N) is 1. The number of nitrogens with zero attached hydrogens (tertiary/aromatic N) is 7. The molecule has 0 saturated carbocycles. The number of methoxy groups -OCH3 is 2. The van der Waals surface area contributed by atoms with E-state index in [0.717, 1.165) is 25.3 Å². The maximum absolute atomic E-state index is 5.06. The molecule has 0 spiro atoms. The van der Waals surface area contributed by atoms with Crippen LogP contribution >= 0.6 is 0 Å². The van der Waals surface area contributed by atoms with Crippen LogP contribution in [0.5, 0.6) is 12.0 Å². The van der Waals surface area contributed by atoms with Crippen molar-refractivity contribution in [1.82, 2.24) is 40.2 Å². The summed E-state index contributed by atoms with van der Waals surface area (Å²) >= 11 is 0. The smallest absolute Gasteiger partial charge is 0.324 e. The van der Waals surface area contributed by atoms with Crippen LogP contribution in [0, 0.1) is 0 Å². The molecule has 1 saturated heterocycles. The summed E-state index contributed by atoms with van der Waals surface area (Å²) in [6.45, 7) is 7.08. The highest BCUT2D eigenvalue weighted by Crippen LogP contribution is 2.15. The monoisotopic (exact) mass is 334 g/mol. The van der Waals surface area contributed by atoms with Crippen LogP contribution in [0.15, 0.2) is 6.20 Å². The summed E-state index contributed by atoms with van der Waals surface area (Å²) in [5, 5.41) is 11.8. The molecule has 0 aliphatic carbocycles. The Bertz CT molecular complexity index is 659. The molecule has 2 aromatic rings. The Labute approximate surface area is 140 Å². The number of piperazine rings is 1. The first kappa shape index (κ1) is 16.5. The van der Waals surface area contributed by atoms with Gasteiger partial charge < -0.3 is 14.8 Å². The van der Waals surface area contributed by atoms with Crippen LogP contribution in [0.3, 0.4) is 0 Å². The molecule has 3 rings (SSSR count). The van der Waals surface area contributed by atoms with Crippen LogP contribution in [0.1, 0.15) is 19.5 Å². The van der Waals surface area contributed by atoms with E-state index in [1.54, 1.807) is 0 Å². The number of hydrogen-bond donors (Lipinski definition) is 1. The van der Waals surface area contributed by atoms with Gasteiger partial charge in [-0.3, -0.25) is 4.90 Å². The van der Waals surface area contributed by atoms with Crippen LogP contribution in [0.25, 0.3) is 5.95 Å². The number of ether oxygens (including phenoxy) is 2. The Morgan fingerprint density at radius 3 is 2.29 bits per heavy atom. The van der Waals surface area contributed by atoms with E-state index < -0.39 is 0 Å². The molecule has 0 aromatic carbocycles. The lowest BCUT2D eigenvalue weighted by atomic mass is 10.1. The van der Waals surface area contributed by atoms with Gasteiger partial charge in [-0.25, -0.2) is 0 Å². The molecule has 1 aliphatic heterocycles. The highest BCUT2D eigenvalue weighted by atomic mass is 16.5. The lowest BCUT2D eigenvalue weighted by molar-refractivity contribution is 0.107. The Morgan fingerprint density at radius 1 is 1.08 bits per heavy atom. The van der Waals surface area contributed by atoms with E-state index in [0.29, 0.717) is 18.0 Å². The van der Waals surface area contributed by atoms with E-state index >= 15 is 0 Å². The first-order valence-corrected chi connectivity index (χ1v) is 7.82. The van der Waals surface area contributed by atoms with Gasteiger partial charge in [0, 0.05) is 31.7 Å². The van der Waals surface area contributed by atoms with E-state index in [-0.39, 0.29) is 12.0 Å². The van der Waals surface area contributed by atoms with Gasteiger partial charge in [0.05, 0.1) is 26.1 Å². The molecular weight excluding hydrogens is 312 g/mol. The van der Waals surface area contributed by atoms with E-state index in [1.807, 2.05) is 6.20 Å². The minimum Gasteiger partial charge on any atom is -0.467 e. The number of rotatable bonds is 5. The van der Waals surface area contributed by atoms with Gasteiger partial charge in [-0.05, 0) is 13.8 Å². The number of hydrogen-bond acceptors (Lipinski definition) is 9. The molecule has 0 radical (unpaired) electrons. The van der Waals surface area contributed by atoms with Crippen LogP contribution < -0.4 is 14.8 Å². The van der Waals surface area contributed by atoms with Gasteiger partial charge in [-0.15, -0.1) is 10.1 Å². The predicted octanol–water partition coefficient (Wildman–Crippen LogP) is -0.348. The Balaban J connectivity index is 1.80. The SMILES string of the molecule is COc1nc(OC)nc(-n2cc(CN3[C@H](C)CNC[C@@H]3C)nn2)n1. The fourth-order valence-corrected chi connectivity index (χ4v) is 2.75. The van der Waals surface area contributed by atoms with Gasteiger partial charge in [0.2, 0.25) is 0 Å². The van der Waals surface area contributed by atoms with Gasteiger partial charge in [-0.2, -0.15) is 14.6 Å². The molecule has 1 N–H and O–H groups in total. The molecule has 1 aliphatic rings. The first-order valence-electron chi connectivity index (χ1n) is 7.82. The van der Waals surface area contributed by atoms with Crippen LogP contribution in [-0.4, -0.2) is 74.2 Å². The average Bonchev–Trinajstić information content (AvgIpc) is 3.06. The lowest BCUT2D eigenvalue weighted by Crippen LogP contribution is -2.54. The van der Waals surface area contributed by atoms with Crippen LogP contribution in [0.4, 0.5) is 0 Å². The highest BCUT2D eigenvalue weighted by molar-refractivity contribution is 5.16. The van der Waals surface area contributed by atoms with E-state index in [2.05, 4.69) is 49.3 Å². The normalized spacial score (nSPS) is 21.7. The first-order chi connectivity index (χ1) is 11.6. The Hall–Kier alpha value is -2.33. The topological polar surface area (TPSA) is 103 Å². The minimum atomic E-state index is 0.165. The summed E-state index contributed by atoms with van der Waals surface area (Å²) in [5.74, 6) is 0.304. The molecule has 1 fully saturated rings. The van der Waals surface area contributed by atoms with Gasteiger partial charge in [0.1, 0.15) is 0 Å². The fraction of sp³-hybridized carbons (Fsp3) is 0.643. The second kappa shape index (κ2) is 7.05. The van der Waals surface area contributed by atoms with Crippen molar-refractivity contribution in [2.75, 3.05) is 27.3 Å². The summed E-state index contributed by atoms with van der Waals surface area (Å²) in [6, 6.07) is 1.21. The minimum absolute atomic E-state index is 0.165. The van der Waals surface area contributed by atoms with Gasteiger partial charge in [-0.1, -0.05) is 5.21 Å². The van der Waals surface area contributed by atoms with E-state index in [9.17, 15) is 0 Å². The van der Waals surface area contributed by atoms with E-state index in [4.69, 9.17) is 9.47 Å². The zero-order valence-electron chi connectivity index (χ0n) is 14.3. The van der Waals surface area contributed by atoms with Gasteiger partial charge >= 0.3 is 12.0 Å². The third kappa shape index (κ3) is 3.44. The second-order valence-electron chi connectivity index (χ2n) is 5.79. The van der Waals surface area contributed by atoms with Crippen molar-refractivity contribution >= 4 is 0 Å². The van der Waals surface area contributed by atoms with Crippen molar-refractivity contribution < 1.29 is 9.47 Å². The van der Waals surface area contributed by atoms with Crippen molar-refractivity contribution in [2.24, 2.45) is 0 Å². The van der Waals surface area contributed by atoms with Crippen molar-refractivity contribution in [1.29, 1.82) is 0 Å². The summed E-state index contributed by atoms with van der Waals surface area (Å²) < 4.78 is 11.6. The fourth-order valence-electron chi connectivity index (χ4n) is 2.75. The lowest BCUT2D eigenvalue weighted by Gasteiger charge is -2.38. The third-order valence-electron chi connectivity index (χ3n) is 4.05. The second-order valence-corrected chi connectivity index (χ2v) is 5.79. The molecule has 0 unspecified atom stereocenters. The molecule has 10 nitrogen and oxygen atoms in total. The molecular formula is C14H22N8O2. The summed E-state index contributed by atoms with van der Waals surface area (Å²) in [6.07, 6.45) is 1.82. The quantitative estimate of drug-likeness (QED) is 0.786. The summed E-state index contributed by atoms with van der Waals surface area (Å²) in [7, 11) is 2.97. The molecule has 24 heavy (non-hydrogen) atoms. The molecule has 130 valence electrons.